The summed E-state index contributed by atoms with van der Waals surface area (Å²) in [7, 11) is 0. The zero-order chi connectivity index (χ0) is 15.2. The van der Waals surface area contributed by atoms with Gasteiger partial charge in [0.15, 0.2) is 0 Å². The highest BCUT2D eigenvalue weighted by Gasteiger charge is 2.57. The SMILES string of the molecule is O=C(O[C@H]1C[C@@]23CCCC[C@H]2C[C@@H]1C(=O)C3)c1ccccc1. The van der Waals surface area contributed by atoms with E-state index in [4.69, 9.17) is 4.74 Å². The van der Waals surface area contributed by atoms with Crippen LogP contribution in [0.15, 0.2) is 30.3 Å². The Kier molecular flexibility index (Phi) is 3.32. The molecule has 1 aromatic carbocycles. The van der Waals surface area contributed by atoms with Crippen LogP contribution in [-0.4, -0.2) is 17.9 Å². The highest BCUT2D eigenvalue weighted by atomic mass is 16.5. The van der Waals surface area contributed by atoms with Crippen molar-refractivity contribution in [1.82, 2.24) is 0 Å². The minimum atomic E-state index is -0.283. The predicted molar refractivity (Wildman–Crippen MR) is 82.4 cm³/mol. The number of benzene rings is 1. The molecule has 4 aliphatic carbocycles. The summed E-state index contributed by atoms with van der Waals surface area (Å²) in [5.41, 5.74) is 0.709. The van der Waals surface area contributed by atoms with Crippen LogP contribution < -0.4 is 0 Å². The molecule has 0 unspecified atom stereocenters. The van der Waals surface area contributed by atoms with E-state index in [1.165, 1.54) is 19.3 Å². The molecule has 0 aromatic heterocycles. The lowest BCUT2D eigenvalue weighted by atomic mass is 9.49. The molecule has 4 aliphatic rings. The second kappa shape index (κ2) is 5.22. The average Bonchev–Trinajstić information content (AvgIpc) is 2.54. The second-order valence-electron chi connectivity index (χ2n) is 7.30. The molecule has 4 fully saturated rings. The summed E-state index contributed by atoms with van der Waals surface area (Å²) in [6, 6.07) is 9.10. The summed E-state index contributed by atoms with van der Waals surface area (Å²) < 4.78 is 5.77. The van der Waals surface area contributed by atoms with Crippen LogP contribution in [0.2, 0.25) is 0 Å². The molecule has 4 saturated carbocycles. The van der Waals surface area contributed by atoms with E-state index in [9.17, 15) is 9.59 Å². The number of carbonyl (C=O) groups is 2. The molecule has 22 heavy (non-hydrogen) atoms. The fourth-order valence-electron chi connectivity index (χ4n) is 5.04. The lowest BCUT2D eigenvalue weighted by molar-refractivity contribution is -0.157. The van der Waals surface area contributed by atoms with Crippen molar-refractivity contribution in [2.75, 3.05) is 0 Å². The van der Waals surface area contributed by atoms with Gasteiger partial charge in [-0.25, -0.2) is 4.79 Å². The number of hydrogen-bond acceptors (Lipinski definition) is 3. The Morgan fingerprint density at radius 1 is 1.18 bits per heavy atom. The first-order chi connectivity index (χ1) is 10.7. The molecule has 3 heteroatoms. The number of carbonyl (C=O) groups excluding carboxylic acids is 2. The van der Waals surface area contributed by atoms with Gasteiger partial charge in [0.05, 0.1) is 11.5 Å². The molecular weight excluding hydrogens is 276 g/mol. The van der Waals surface area contributed by atoms with Crippen molar-refractivity contribution in [3.8, 4) is 0 Å². The van der Waals surface area contributed by atoms with Gasteiger partial charge in [0.1, 0.15) is 11.9 Å². The topological polar surface area (TPSA) is 43.4 Å². The van der Waals surface area contributed by atoms with Crippen molar-refractivity contribution in [3.63, 3.8) is 0 Å². The largest absolute Gasteiger partial charge is 0.458 e. The van der Waals surface area contributed by atoms with E-state index in [0.29, 0.717) is 17.3 Å². The van der Waals surface area contributed by atoms with Crippen molar-refractivity contribution in [2.45, 2.75) is 51.0 Å². The van der Waals surface area contributed by atoms with Crippen LogP contribution in [0.5, 0.6) is 0 Å². The second-order valence-corrected chi connectivity index (χ2v) is 7.30. The van der Waals surface area contributed by atoms with E-state index >= 15 is 0 Å². The quantitative estimate of drug-likeness (QED) is 0.781. The van der Waals surface area contributed by atoms with Crippen LogP contribution >= 0.6 is 0 Å². The van der Waals surface area contributed by atoms with Crippen LogP contribution in [0.25, 0.3) is 0 Å². The molecule has 116 valence electrons. The number of ketones is 1. The molecule has 0 amide bonds. The molecular formula is C19H22O3. The highest BCUT2D eigenvalue weighted by Crippen LogP contribution is 2.59. The van der Waals surface area contributed by atoms with Gasteiger partial charge in [0.2, 0.25) is 0 Å². The third-order valence-corrected chi connectivity index (χ3v) is 6.15. The number of Topliss-reactive ketones (excluding diaryl/α,β-unsaturated/α-hetero) is 1. The Morgan fingerprint density at radius 3 is 2.82 bits per heavy atom. The Bertz CT molecular complexity index is 594. The van der Waals surface area contributed by atoms with E-state index < -0.39 is 0 Å². The Balaban J connectivity index is 1.54. The summed E-state index contributed by atoms with van der Waals surface area (Å²) in [6.07, 6.45) is 7.25. The van der Waals surface area contributed by atoms with Crippen LogP contribution in [0, 0.1) is 17.3 Å². The summed E-state index contributed by atoms with van der Waals surface area (Å²) in [4.78, 5) is 24.8. The maximum atomic E-state index is 12.4. The molecule has 0 radical (unpaired) electrons. The minimum absolute atomic E-state index is 0.0577. The van der Waals surface area contributed by atoms with Gasteiger partial charge in [-0.3, -0.25) is 4.79 Å². The number of hydrogen-bond donors (Lipinski definition) is 0. The van der Waals surface area contributed by atoms with E-state index in [1.54, 1.807) is 12.1 Å². The summed E-state index contributed by atoms with van der Waals surface area (Å²) in [6.45, 7) is 0. The summed E-state index contributed by atoms with van der Waals surface area (Å²) in [5, 5.41) is 0. The number of ether oxygens (including phenoxy) is 1. The Labute approximate surface area is 131 Å². The van der Waals surface area contributed by atoms with E-state index in [1.807, 2.05) is 18.2 Å². The number of fused-ring (bicyclic) bond motifs is 2. The van der Waals surface area contributed by atoms with Crippen molar-refractivity contribution in [2.24, 2.45) is 17.3 Å². The van der Waals surface area contributed by atoms with Crippen LogP contribution in [0.3, 0.4) is 0 Å². The van der Waals surface area contributed by atoms with Crippen molar-refractivity contribution >= 4 is 11.8 Å². The van der Waals surface area contributed by atoms with Gasteiger partial charge in [0, 0.05) is 6.42 Å². The summed E-state index contributed by atoms with van der Waals surface area (Å²) in [5.74, 6) is 0.665. The molecule has 0 saturated heterocycles. The maximum Gasteiger partial charge on any atom is 0.338 e. The summed E-state index contributed by atoms with van der Waals surface area (Å²) >= 11 is 0. The molecule has 0 heterocycles. The van der Waals surface area contributed by atoms with Crippen molar-refractivity contribution < 1.29 is 14.3 Å². The molecule has 4 atom stereocenters. The molecule has 3 nitrogen and oxygen atoms in total. The lowest BCUT2D eigenvalue weighted by Gasteiger charge is -2.56. The first-order valence-corrected chi connectivity index (χ1v) is 8.47. The standard InChI is InChI=1S/C19H22O3/c20-16-11-19-9-5-4-8-14(19)10-15(16)17(12-19)22-18(21)13-6-2-1-3-7-13/h1-3,6-7,14-15,17H,4-5,8-12H2/t14-,15+,17-,19-/m0/s1. The Hall–Kier alpha value is -1.64. The first kappa shape index (κ1) is 14.0. The van der Waals surface area contributed by atoms with E-state index in [0.717, 1.165) is 25.7 Å². The molecule has 5 rings (SSSR count). The van der Waals surface area contributed by atoms with Crippen molar-refractivity contribution in [1.29, 1.82) is 0 Å². The van der Waals surface area contributed by atoms with Crippen LogP contribution in [0.4, 0.5) is 0 Å². The predicted octanol–water partition coefficient (Wildman–Crippen LogP) is 3.77. The third-order valence-electron chi connectivity index (χ3n) is 6.15. The van der Waals surface area contributed by atoms with Gasteiger partial charge >= 0.3 is 5.97 Å². The number of esters is 1. The number of rotatable bonds is 2. The fraction of sp³-hybridized carbons (Fsp3) is 0.579. The Morgan fingerprint density at radius 2 is 2.00 bits per heavy atom. The van der Waals surface area contributed by atoms with Gasteiger partial charge in [-0.15, -0.1) is 0 Å². The lowest BCUT2D eigenvalue weighted by Crippen LogP contribution is -2.55. The third kappa shape index (κ3) is 2.18. The zero-order valence-corrected chi connectivity index (χ0v) is 12.8. The van der Waals surface area contributed by atoms with Crippen LogP contribution in [0.1, 0.15) is 55.3 Å². The molecule has 2 bridgehead atoms. The van der Waals surface area contributed by atoms with Gasteiger partial charge in [-0.2, -0.15) is 0 Å². The first-order valence-electron chi connectivity index (χ1n) is 8.47. The molecule has 1 aromatic rings. The molecule has 1 spiro atoms. The minimum Gasteiger partial charge on any atom is -0.458 e. The van der Waals surface area contributed by atoms with Gasteiger partial charge in [-0.05, 0) is 49.1 Å². The van der Waals surface area contributed by atoms with E-state index in [2.05, 4.69) is 0 Å². The average molecular weight is 298 g/mol. The van der Waals surface area contributed by atoms with Gasteiger partial charge < -0.3 is 4.74 Å². The zero-order valence-electron chi connectivity index (χ0n) is 12.8. The van der Waals surface area contributed by atoms with Gasteiger partial charge in [-0.1, -0.05) is 31.0 Å². The normalized spacial score (nSPS) is 36.7. The van der Waals surface area contributed by atoms with Crippen molar-refractivity contribution in [3.05, 3.63) is 35.9 Å². The molecule has 0 aliphatic heterocycles. The maximum absolute atomic E-state index is 12.4. The highest BCUT2D eigenvalue weighted by molar-refractivity contribution is 5.90. The smallest absolute Gasteiger partial charge is 0.338 e. The van der Waals surface area contributed by atoms with Crippen LogP contribution in [-0.2, 0) is 9.53 Å². The van der Waals surface area contributed by atoms with Gasteiger partial charge in [0.25, 0.3) is 0 Å². The van der Waals surface area contributed by atoms with E-state index in [-0.39, 0.29) is 23.4 Å². The fourth-order valence-corrected chi connectivity index (χ4v) is 5.04. The molecule has 0 N–H and O–H groups in total. The monoisotopic (exact) mass is 298 g/mol.